The monoisotopic (exact) mass is 173 g/mol. The number of nitrogens with two attached hydrogens (primary N) is 1. The zero-order valence-corrected chi connectivity index (χ0v) is 7.20. The maximum absolute atomic E-state index is 5.38. The van der Waals surface area contributed by atoms with Crippen molar-refractivity contribution >= 4 is 17.0 Å². The van der Waals surface area contributed by atoms with Gasteiger partial charge in [-0.05, 0) is 5.56 Å². The molecule has 0 bridgehead atoms. The Bertz CT molecular complexity index is 428. The van der Waals surface area contributed by atoms with Crippen LogP contribution in [-0.4, -0.2) is 16.7 Å². The highest BCUT2D eigenvalue weighted by atomic mass is 15.1. The van der Waals surface area contributed by atoms with Crippen LogP contribution in [0.5, 0.6) is 0 Å². The highest BCUT2D eigenvalue weighted by Crippen LogP contribution is 2.16. The number of hydrogen-bond acceptors (Lipinski definition) is 2. The molecule has 0 amide bonds. The van der Waals surface area contributed by atoms with Crippen LogP contribution >= 0.6 is 0 Å². The Morgan fingerprint density at radius 1 is 1.46 bits per heavy atom. The summed E-state index contributed by atoms with van der Waals surface area (Å²) in [5, 5.41) is 8.06. The maximum Gasteiger partial charge on any atom is 0.0722 e. The summed E-state index contributed by atoms with van der Waals surface area (Å²) in [7, 11) is 0. The normalized spacial score (nSPS) is 11.5. The summed E-state index contributed by atoms with van der Waals surface area (Å²) in [5.74, 6) is 0. The summed E-state index contributed by atoms with van der Waals surface area (Å²) >= 11 is 0. The molecule has 0 spiro atoms. The molecular formula is C10H11N3. The van der Waals surface area contributed by atoms with Gasteiger partial charge in [0.15, 0.2) is 0 Å². The number of fused-ring (bicyclic) bond motifs is 1. The van der Waals surface area contributed by atoms with Gasteiger partial charge in [-0.25, -0.2) is 0 Å². The summed E-state index contributed by atoms with van der Waals surface area (Å²) in [5.41, 5.74) is 7.57. The minimum absolute atomic E-state index is 0.560. The van der Waals surface area contributed by atoms with Crippen LogP contribution < -0.4 is 5.73 Å². The summed E-state index contributed by atoms with van der Waals surface area (Å²) in [6.07, 6.45) is 5.74. The van der Waals surface area contributed by atoms with E-state index in [0.717, 1.165) is 16.5 Å². The summed E-state index contributed by atoms with van der Waals surface area (Å²) < 4.78 is 0. The Labute approximate surface area is 76.3 Å². The van der Waals surface area contributed by atoms with Gasteiger partial charge in [0.1, 0.15) is 0 Å². The quantitative estimate of drug-likeness (QED) is 0.723. The third kappa shape index (κ3) is 1.46. The topological polar surface area (TPSA) is 54.7 Å². The van der Waals surface area contributed by atoms with Crippen molar-refractivity contribution in [1.29, 1.82) is 0 Å². The Kier molecular flexibility index (Phi) is 2.10. The van der Waals surface area contributed by atoms with E-state index in [0.29, 0.717) is 6.54 Å². The van der Waals surface area contributed by atoms with Crippen molar-refractivity contribution in [3.63, 3.8) is 0 Å². The van der Waals surface area contributed by atoms with Crippen LogP contribution in [-0.2, 0) is 0 Å². The summed E-state index contributed by atoms with van der Waals surface area (Å²) in [4.78, 5) is 0. The SMILES string of the molecule is NCC=Cc1cccc2cn[nH]c12. The molecule has 3 N–H and O–H groups in total. The van der Waals surface area contributed by atoms with E-state index in [1.54, 1.807) is 0 Å². The second kappa shape index (κ2) is 3.41. The molecule has 0 saturated carbocycles. The van der Waals surface area contributed by atoms with Gasteiger partial charge in [0.25, 0.3) is 0 Å². The molecule has 0 fully saturated rings. The maximum atomic E-state index is 5.38. The number of nitrogens with zero attached hydrogens (tertiary/aromatic N) is 1. The van der Waals surface area contributed by atoms with Crippen molar-refractivity contribution in [2.24, 2.45) is 5.73 Å². The Morgan fingerprint density at radius 2 is 2.38 bits per heavy atom. The molecule has 2 aromatic rings. The first-order chi connectivity index (χ1) is 6.42. The third-order valence-corrected chi connectivity index (χ3v) is 1.94. The Balaban J connectivity index is 2.54. The highest BCUT2D eigenvalue weighted by molar-refractivity contribution is 5.86. The van der Waals surface area contributed by atoms with E-state index in [-0.39, 0.29) is 0 Å². The number of H-pyrrole nitrogens is 1. The molecule has 0 saturated heterocycles. The number of aromatic nitrogens is 2. The van der Waals surface area contributed by atoms with Gasteiger partial charge in [-0.1, -0.05) is 30.4 Å². The molecule has 1 aromatic heterocycles. The first-order valence-corrected chi connectivity index (χ1v) is 4.20. The van der Waals surface area contributed by atoms with Crippen LogP contribution in [0.15, 0.2) is 30.5 Å². The predicted molar refractivity (Wildman–Crippen MR) is 54.2 cm³/mol. The van der Waals surface area contributed by atoms with E-state index in [9.17, 15) is 0 Å². The standard InChI is InChI=1S/C10H11N3/c11-6-2-5-8-3-1-4-9-7-12-13-10(8)9/h1-5,7H,6,11H2,(H,12,13). The number of hydrogen-bond donors (Lipinski definition) is 2. The zero-order valence-electron chi connectivity index (χ0n) is 7.20. The molecule has 13 heavy (non-hydrogen) atoms. The molecule has 3 nitrogen and oxygen atoms in total. The number of rotatable bonds is 2. The van der Waals surface area contributed by atoms with Crippen molar-refractivity contribution in [2.75, 3.05) is 6.54 Å². The van der Waals surface area contributed by atoms with Gasteiger partial charge < -0.3 is 5.73 Å². The van der Waals surface area contributed by atoms with Crippen LogP contribution in [0.1, 0.15) is 5.56 Å². The Hall–Kier alpha value is -1.61. The number of para-hydroxylation sites is 1. The fourth-order valence-electron chi connectivity index (χ4n) is 1.33. The van der Waals surface area contributed by atoms with Gasteiger partial charge >= 0.3 is 0 Å². The molecule has 0 atom stereocenters. The molecule has 2 rings (SSSR count). The van der Waals surface area contributed by atoms with E-state index in [4.69, 9.17) is 5.73 Å². The zero-order chi connectivity index (χ0) is 9.10. The van der Waals surface area contributed by atoms with Crippen molar-refractivity contribution in [2.45, 2.75) is 0 Å². The molecule has 3 heteroatoms. The first-order valence-electron chi connectivity index (χ1n) is 4.20. The second-order valence-corrected chi connectivity index (χ2v) is 2.82. The molecule has 0 radical (unpaired) electrons. The van der Waals surface area contributed by atoms with Crippen LogP contribution in [0.4, 0.5) is 0 Å². The van der Waals surface area contributed by atoms with E-state index in [1.807, 2.05) is 36.5 Å². The molecule has 1 heterocycles. The van der Waals surface area contributed by atoms with E-state index in [1.165, 1.54) is 0 Å². The molecule has 0 aliphatic heterocycles. The summed E-state index contributed by atoms with van der Waals surface area (Å²) in [6, 6.07) is 6.07. The van der Waals surface area contributed by atoms with Crippen LogP contribution in [0.3, 0.4) is 0 Å². The van der Waals surface area contributed by atoms with E-state index in [2.05, 4.69) is 10.2 Å². The van der Waals surface area contributed by atoms with Gasteiger partial charge in [0.2, 0.25) is 0 Å². The predicted octanol–water partition coefficient (Wildman–Crippen LogP) is 1.53. The Morgan fingerprint density at radius 3 is 3.23 bits per heavy atom. The van der Waals surface area contributed by atoms with Crippen LogP contribution in [0, 0.1) is 0 Å². The van der Waals surface area contributed by atoms with E-state index >= 15 is 0 Å². The molecular weight excluding hydrogens is 162 g/mol. The second-order valence-electron chi connectivity index (χ2n) is 2.82. The van der Waals surface area contributed by atoms with Crippen molar-refractivity contribution in [1.82, 2.24) is 10.2 Å². The fourth-order valence-corrected chi connectivity index (χ4v) is 1.33. The average molecular weight is 173 g/mol. The van der Waals surface area contributed by atoms with Gasteiger partial charge in [0, 0.05) is 11.9 Å². The molecule has 0 unspecified atom stereocenters. The van der Waals surface area contributed by atoms with Crippen molar-refractivity contribution in [3.8, 4) is 0 Å². The summed E-state index contributed by atoms with van der Waals surface area (Å²) in [6.45, 7) is 0.560. The fraction of sp³-hybridized carbons (Fsp3) is 0.100. The lowest BCUT2D eigenvalue weighted by Gasteiger charge is -1.94. The van der Waals surface area contributed by atoms with Crippen molar-refractivity contribution < 1.29 is 0 Å². The molecule has 0 aliphatic rings. The smallest absolute Gasteiger partial charge is 0.0722 e. The van der Waals surface area contributed by atoms with Crippen LogP contribution in [0.2, 0.25) is 0 Å². The van der Waals surface area contributed by atoms with Gasteiger partial charge in [-0.15, -0.1) is 0 Å². The van der Waals surface area contributed by atoms with Crippen molar-refractivity contribution in [3.05, 3.63) is 36.0 Å². The lowest BCUT2D eigenvalue weighted by atomic mass is 10.1. The molecule has 0 aliphatic carbocycles. The van der Waals surface area contributed by atoms with Gasteiger partial charge in [0.05, 0.1) is 11.7 Å². The number of benzene rings is 1. The van der Waals surface area contributed by atoms with E-state index < -0.39 is 0 Å². The highest BCUT2D eigenvalue weighted by Gasteiger charge is 1.97. The first kappa shape index (κ1) is 8.01. The lowest BCUT2D eigenvalue weighted by Crippen LogP contribution is -1.92. The molecule has 66 valence electrons. The average Bonchev–Trinajstić information content (AvgIpc) is 2.62. The minimum atomic E-state index is 0.560. The van der Waals surface area contributed by atoms with Gasteiger partial charge in [-0.3, -0.25) is 5.10 Å². The van der Waals surface area contributed by atoms with Gasteiger partial charge in [-0.2, -0.15) is 5.10 Å². The third-order valence-electron chi connectivity index (χ3n) is 1.94. The largest absolute Gasteiger partial charge is 0.327 e. The number of nitrogens with one attached hydrogen (secondary N) is 1. The minimum Gasteiger partial charge on any atom is -0.327 e. The van der Waals surface area contributed by atoms with Crippen LogP contribution in [0.25, 0.3) is 17.0 Å². The number of aromatic amines is 1. The molecule has 1 aromatic carbocycles. The lowest BCUT2D eigenvalue weighted by molar-refractivity contribution is 1.12.